The Balaban J connectivity index is 1.44. The molecule has 1 aromatic carbocycles. The van der Waals surface area contributed by atoms with Crippen LogP contribution in [0, 0.1) is 16.7 Å². The van der Waals surface area contributed by atoms with Crippen LogP contribution in [-0.4, -0.2) is 17.9 Å². The van der Waals surface area contributed by atoms with E-state index in [1.165, 1.54) is 0 Å². The highest BCUT2D eigenvalue weighted by Crippen LogP contribution is 2.75. The van der Waals surface area contributed by atoms with Crippen LogP contribution in [0.5, 0.6) is 0 Å². The van der Waals surface area contributed by atoms with E-state index < -0.39 is 11.3 Å². The van der Waals surface area contributed by atoms with Crippen LogP contribution in [0.15, 0.2) is 30.3 Å². The standard InChI is InChI=1S/C17H19F2NO/c1-15(2)12(10-6-4-3-5-7-10)13(15)14(21)20-11-8-16(11)9-17(16,18)19/h3-7,11-13H,8-9H2,1-2H3,(H,20,21)/t11?,12-,13+,16?/m1/s1. The van der Waals surface area contributed by atoms with Crippen molar-refractivity contribution < 1.29 is 13.6 Å². The first-order valence-corrected chi connectivity index (χ1v) is 7.53. The first-order chi connectivity index (χ1) is 9.80. The van der Waals surface area contributed by atoms with Gasteiger partial charge in [-0.25, -0.2) is 8.78 Å². The summed E-state index contributed by atoms with van der Waals surface area (Å²) in [6.07, 6.45) is 0.385. The quantitative estimate of drug-likeness (QED) is 0.909. The van der Waals surface area contributed by atoms with E-state index >= 15 is 0 Å². The maximum Gasteiger partial charge on any atom is 0.256 e. The second-order valence-corrected chi connectivity index (χ2v) is 7.49. The van der Waals surface area contributed by atoms with Gasteiger partial charge in [0, 0.05) is 18.4 Å². The fourth-order valence-electron chi connectivity index (χ4n) is 4.12. The number of amides is 1. The molecule has 1 aromatic rings. The Morgan fingerprint density at radius 1 is 1.24 bits per heavy atom. The van der Waals surface area contributed by atoms with E-state index in [-0.39, 0.29) is 35.6 Å². The molecule has 3 aliphatic carbocycles. The Hall–Kier alpha value is -1.45. The molecular weight excluding hydrogens is 272 g/mol. The summed E-state index contributed by atoms with van der Waals surface area (Å²) >= 11 is 0. The van der Waals surface area contributed by atoms with Gasteiger partial charge in [0.25, 0.3) is 5.92 Å². The molecule has 1 N–H and O–H groups in total. The first kappa shape index (κ1) is 13.2. The highest BCUT2D eigenvalue weighted by molar-refractivity contribution is 5.85. The van der Waals surface area contributed by atoms with Gasteiger partial charge in [0.15, 0.2) is 0 Å². The lowest BCUT2D eigenvalue weighted by Gasteiger charge is -2.05. The second-order valence-electron chi connectivity index (χ2n) is 7.49. The van der Waals surface area contributed by atoms with Crippen molar-refractivity contribution in [3.63, 3.8) is 0 Å². The van der Waals surface area contributed by atoms with E-state index in [0.29, 0.717) is 6.42 Å². The lowest BCUT2D eigenvalue weighted by Crippen LogP contribution is -2.30. The van der Waals surface area contributed by atoms with E-state index in [1.54, 1.807) is 0 Å². The molecule has 0 radical (unpaired) electrons. The number of hydrogen-bond donors (Lipinski definition) is 1. The van der Waals surface area contributed by atoms with Crippen molar-refractivity contribution >= 4 is 5.91 Å². The van der Waals surface area contributed by atoms with Crippen molar-refractivity contribution in [2.24, 2.45) is 16.7 Å². The Morgan fingerprint density at radius 3 is 2.38 bits per heavy atom. The summed E-state index contributed by atoms with van der Waals surface area (Å²) < 4.78 is 26.5. The summed E-state index contributed by atoms with van der Waals surface area (Å²) in [5.74, 6) is -2.53. The predicted molar refractivity (Wildman–Crippen MR) is 75.0 cm³/mol. The Bertz CT molecular complexity index is 612. The number of nitrogens with one attached hydrogen (secondary N) is 1. The highest BCUT2D eigenvalue weighted by Gasteiger charge is 2.84. The van der Waals surface area contributed by atoms with Crippen LogP contribution < -0.4 is 5.32 Å². The number of alkyl halides is 2. The van der Waals surface area contributed by atoms with Gasteiger partial charge in [0.1, 0.15) is 0 Å². The second kappa shape index (κ2) is 3.65. The van der Waals surface area contributed by atoms with Gasteiger partial charge in [0.2, 0.25) is 5.91 Å². The number of hydrogen-bond acceptors (Lipinski definition) is 1. The summed E-state index contributed by atoms with van der Waals surface area (Å²) in [6, 6.07) is 9.66. The average molecular weight is 291 g/mol. The topological polar surface area (TPSA) is 29.1 Å². The molecule has 2 nitrogen and oxygen atoms in total. The highest BCUT2D eigenvalue weighted by atomic mass is 19.3. The van der Waals surface area contributed by atoms with Crippen molar-refractivity contribution in [3.05, 3.63) is 35.9 Å². The Morgan fingerprint density at radius 2 is 1.86 bits per heavy atom. The van der Waals surface area contributed by atoms with Crippen molar-refractivity contribution in [1.29, 1.82) is 0 Å². The van der Waals surface area contributed by atoms with Gasteiger partial charge in [-0.05, 0) is 17.4 Å². The molecule has 4 atom stereocenters. The molecule has 1 amide bonds. The van der Waals surface area contributed by atoms with Gasteiger partial charge >= 0.3 is 0 Å². The average Bonchev–Trinajstić information content (AvgIpc) is 3.30. The van der Waals surface area contributed by atoms with Gasteiger partial charge in [0.05, 0.1) is 11.3 Å². The molecular formula is C17H19F2NO. The molecule has 0 heterocycles. The zero-order valence-corrected chi connectivity index (χ0v) is 12.2. The van der Waals surface area contributed by atoms with Crippen LogP contribution in [0.1, 0.15) is 38.2 Å². The minimum atomic E-state index is -2.55. The fraction of sp³-hybridized carbons (Fsp3) is 0.588. The van der Waals surface area contributed by atoms with Gasteiger partial charge in [-0.15, -0.1) is 0 Å². The summed E-state index contributed by atoms with van der Waals surface area (Å²) in [6.45, 7) is 4.15. The normalized spacial score (nSPS) is 40.7. The number of halogens is 2. The lowest BCUT2D eigenvalue weighted by atomic mass is 10.0. The maximum atomic E-state index is 13.2. The number of carbonyl (C=O) groups excluding carboxylic acids is 1. The van der Waals surface area contributed by atoms with Crippen molar-refractivity contribution in [2.45, 2.75) is 44.6 Å². The molecule has 4 heteroatoms. The molecule has 0 saturated heterocycles. The van der Waals surface area contributed by atoms with Gasteiger partial charge in [-0.1, -0.05) is 44.2 Å². The third kappa shape index (κ3) is 1.71. The number of benzene rings is 1. The van der Waals surface area contributed by atoms with E-state index in [2.05, 4.69) is 19.2 Å². The zero-order chi connectivity index (χ0) is 15.0. The van der Waals surface area contributed by atoms with E-state index in [4.69, 9.17) is 0 Å². The molecule has 3 saturated carbocycles. The SMILES string of the molecule is CC1(C)[C@H](C(=O)NC2CC23CC3(F)F)[C@H]1c1ccccc1. The van der Waals surface area contributed by atoms with Crippen molar-refractivity contribution in [1.82, 2.24) is 5.32 Å². The van der Waals surface area contributed by atoms with Gasteiger partial charge < -0.3 is 5.32 Å². The predicted octanol–water partition coefficient (Wildman–Crippen LogP) is 3.34. The van der Waals surface area contributed by atoms with E-state index in [1.807, 2.05) is 30.3 Å². The van der Waals surface area contributed by atoms with Crippen molar-refractivity contribution in [2.75, 3.05) is 0 Å². The van der Waals surface area contributed by atoms with Gasteiger partial charge in [-0.2, -0.15) is 0 Å². The molecule has 1 spiro atoms. The minimum absolute atomic E-state index is 0.0544. The third-order valence-electron chi connectivity index (χ3n) is 5.80. The number of carbonyl (C=O) groups is 1. The monoisotopic (exact) mass is 291 g/mol. The van der Waals surface area contributed by atoms with E-state index in [0.717, 1.165) is 5.56 Å². The van der Waals surface area contributed by atoms with Crippen LogP contribution in [0.4, 0.5) is 8.78 Å². The van der Waals surface area contributed by atoms with Gasteiger partial charge in [-0.3, -0.25) is 4.79 Å². The minimum Gasteiger partial charge on any atom is -0.352 e. The summed E-state index contributed by atoms with van der Waals surface area (Å²) in [5.41, 5.74) is 0.175. The van der Waals surface area contributed by atoms with Crippen LogP contribution in [0.25, 0.3) is 0 Å². The molecule has 3 fully saturated rings. The third-order valence-corrected chi connectivity index (χ3v) is 5.80. The Kier molecular flexibility index (Phi) is 2.30. The molecule has 21 heavy (non-hydrogen) atoms. The summed E-state index contributed by atoms with van der Waals surface area (Å²) in [7, 11) is 0. The van der Waals surface area contributed by atoms with Crippen LogP contribution in [-0.2, 0) is 4.79 Å². The maximum absolute atomic E-state index is 13.2. The Labute approximate surface area is 122 Å². The number of rotatable bonds is 3. The van der Waals surface area contributed by atoms with Crippen LogP contribution >= 0.6 is 0 Å². The van der Waals surface area contributed by atoms with Crippen LogP contribution in [0.3, 0.4) is 0 Å². The van der Waals surface area contributed by atoms with E-state index in [9.17, 15) is 13.6 Å². The molecule has 3 aliphatic rings. The molecule has 0 aliphatic heterocycles. The summed E-state index contributed by atoms with van der Waals surface area (Å²) in [4.78, 5) is 12.4. The van der Waals surface area contributed by atoms with Crippen LogP contribution in [0.2, 0.25) is 0 Å². The smallest absolute Gasteiger partial charge is 0.256 e. The molecule has 4 rings (SSSR count). The molecule has 0 aromatic heterocycles. The molecule has 2 unspecified atom stereocenters. The molecule has 112 valence electrons. The first-order valence-electron chi connectivity index (χ1n) is 7.53. The summed E-state index contributed by atoms with van der Waals surface area (Å²) in [5, 5.41) is 2.86. The lowest BCUT2D eigenvalue weighted by molar-refractivity contribution is -0.123. The van der Waals surface area contributed by atoms with Crippen molar-refractivity contribution in [3.8, 4) is 0 Å². The molecule has 0 bridgehead atoms. The fourth-order valence-corrected chi connectivity index (χ4v) is 4.12. The largest absolute Gasteiger partial charge is 0.352 e. The zero-order valence-electron chi connectivity index (χ0n) is 12.2.